The number of hydrogen-bond donors (Lipinski definition) is 4. The third-order valence-electron chi connectivity index (χ3n) is 4.34. The fourth-order valence-corrected chi connectivity index (χ4v) is 2.65. The number of hydrogen-bond acceptors (Lipinski definition) is 7. The van der Waals surface area contributed by atoms with Crippen molar-refractivity contribution < 1.29 is 29.0 Å². The van der Waals surface area contributed by atoms with Gasteiger partial charge >= 0.3 is 12.1 Å². The number of amides is 2. The minimum atomic E-state index is -1.18. The highest BCUT2D eigenvalue weighted by atomic mass is 16.5. The summed E-state index contributed by atoms with van der Waals surface area (Å²) in [4.78, 5) is 34.8. The van der Waals surface area contributed by atoms with E-state index in [1.54, 1.807) is 24.3 Å². The lowest BCUT2D eigenvalue weighted by Crippen LogP contribution is -2.42. The van der Waals surface area contributed by atoms with E-state index in [1.807, 2.05) is 30.3 Å². The Morgan fingerprint density at radius 3 is 2.44 bits per heavy atom. The van der Waals surface area contributed by atoms with Gasteiger partial charge in [0.15, 0.2) is 0 Å². The van der Waals surface area contributed by atoms with Crippen LogP contribution in [0.25, 0.3) is 0 Å². The number of carbonyl (C=O) groups excluding carboxylic acids is 2. The summed E-state index contributed by atoms with van der Waals surface area (Å²) >= 11 is 0. The van der Waals surface area contributed by atoms with Crippen molar-refractivity contribution in [2.24, 2.45) is 10.9 Å². The van der Waals surface area contributed by atoms with Gasteiger partial charge in [-0.2, -0.15) is 5.10 Å². The van der Waals surface area contributed by atoms with Crippen molar-refractivity contribution in [2.75, 3.05) is 6.61 Å². The van der Waals surface area contributed by atoms with Crippen molar-refractivity contribution in [1.82, 2.24) is 10.6 Å². The number of nitrogens with one attached hydrogen (secondary N) is 2. The van der Waals surface area contributed by atoms with Gasteiger partial charge in [0.05, 0.1) is 6.61 Å². The number of carbonyl (C=O) groups is 3. The van der Waals surface area contributed by atoms with E-state index < -0.39 is 18.1 Å². The van der Waals surface area contributed by atoms with Gasteiger partial charge in [0.2, 0.25) is 5.91 Å². The average Bonchev–Trinajstić information content (AvgIpc) is 2.80. The Balaban J connectivity index is 1.72. The predicted molar refractivity (Wildman–Crippen MR) is 117 cm³/mol. The van der Waals surface area contributed by atoms with Gasteiger partial charge in [-0.15, -0.1) is 0 Å². The molecule has 0 aliphatic rings. The van der Waals surface area contributed by atoms with E-state index in [0.29, 0.717) is 12.2 Å². The SMILES string of the molecule is NN=CNC(=O)CCc1ccc(OCC[C@H](NC(=O)OCc2ccccc2)C(=O)O)cc1. The van der Waals surface area contributed by atoms with Crippen LogP contribution in [0.3, 0.4) is 0 Å². The van der Waals surface area contributed by atoms with Crippen LogP contribution in [-0.2, 0) is 27.4 Å². The first-order valence-electron chi connectivity index (χ1n) is 9.90. The van der Waals surface area contributed by atoms with Gasteiger partial charge < -0.3 is 31.1 Å². The summed E-state index contributed by atoms with van der Waals surface area (Å²) in [5, 5.41) is 17.3. The van der Waals surface area contributed by atoms with Crippen molar-refractivity contribution >= 4 is 24.3 Å². The lowest BCUT2D eigenvalue weighted by molar-refractivity contribution is -0.139. The number of carboxylic acids is 1. The molecular weight excluding hydrogens is 416 g/mol. The zero-order chi connectivity index (χ0) is 23.2. The minimum absolute atomic E-state index is 0.0458. The van der Waals surface area contributed by atoms with E-state index in [4.69, 9.17) is 15.3 Å². The highest BCUT2D eigenvalue weighted by molar-refractivity contribution is 5.87. The average molecular weight is 442 g/mol. The second-order valence-corrected chi connectivity index (χ2v) is 6.72. The van der Waals surface area contributed by atoms with E-state index in [2.05, 4.69) is 15.7 Å². The Hall–Kier alpha value is -4.08. The number of nitrogens with two attached hydrogens (primary N) is 1. The molecule has 0 spiro atoms. The Bertz CT molecular complexity index is 902. The van der Waals surface area contributed by atoms with Crippen molar-refractivity contribution in [1.29, 1.82) is 0 Å². The number of nitrogens with zero attached hydrogens (tertiary/aromatic N) is 1. The molecule has 0 unspecified atom stereocenters. The van der Waals surface area contributed by atoms with Gasteiger partial charge in [0, 0.05) is 12.8 Å². The third-order valence-corrected chi connectivity index (χ3v) is 4.34. The molecule has 1 atom stereocenters. The van der Waals surface area contributed by atoms with Gasteiger partial charge in [-0.3, -0.25) is 4.79 Å². The Morgan fingerprint density at radius 1 is 1.06 bits per heavy atom. The standard InChI is InChI=1S/C22H26N4O6/c23-25-15-24-20(27)11-8-16-6-9-18(10-7-16)31-13-12-19(21(28)29)26-22(30)32-14-17-4-2-1-3-5-17/h1-7,9-10,15,19H,8,11-14,23H2,(H,26,30)(H,28,29)(H,24,25,27)/t19-/m0/s1. The minimum Gasteiger partial charge on any atom is -0.494 e. The van der Waals surface area contributed by atoms with Crippen molar-refractivity contribution in [3.8, 4) is 5.75 Å². The maximum absolute atomic E-state index is 11.9. The molecule has 0 heterocycles. The molecule has 0 saturated heterocycles. The van der Waals surface area contributed by atoms with Crippen LogP contribution < -0.4 is 21.2 Å². The Kier molecular flexibility index (Phi) is 10.0. The van der Waals surface area contributed by atoms with Crippen molar-refractivity contribution in [2.45, 2.75) is 31.9 Å². The summed E-state index contributed by atoms with van der Waals surface area (Å²) in [6, 6.07) is 15.0. The fraction of sp³-hybridized carbons (Fsp3) is 0.273. The zero-order valence-electron chi connectivity index (χ0n) is 17.4. The van der Waals surface area contributed by atoms with E-state index >= 15 is 0 Å². The smallest absolute Gasteiger partial charge is 0.408 e. The van der Waals surface area contributed by atoms with Crippen LogP contribution in [0.2, 0.25) is 0 Å². The number of aryl methyl sites for hydroxylation is 1. The predicted octanol–water partition coefficient (Wildman–Crippen LogP) is 1.79. The Morgan fingerprint density at radius 2 is 1.78 bits per heavy atom. The number of hydrazone groups is 1. The lowest BCUT2D eigenvalue weighted by atomic mass is 10.1. The normalized spacial score (nSPS) is 11.5. The second kappa shape index (κ2) is 13.3. The van der Waals surface area contributed by atoms with Gasteiger partial charge in [-0.1, -0.05) is 42.5 Å². The van der Waals surface area contributed by atoms with E-state index in [1.165, 1.54) is 0 Å². The molecule has 0 aliphatic carbocycles. The highest BCUT2D eigenvalue weighted by Gasteiger charge is 2.20. The van der Waals surface area contributed by atoms with E-state index in [0.717, 1.165) is 17.5 Å². The second-order valence-electron chi connectivity index (χ2n) is 6.72. The fourth-order valence-electron chi connectivity index (χ4n) is 2.65. The number of aliphatic carboxylic acids is 1. The molecule has 5 N–H and O–H groups in total. The van der Waals surface area contributed by atoms with E-state index in [-0.39, 0.29) is 32.0 Å². The molecule has 0 aromatic heterocycles. The topological polar surface area (TPSA) is 152 Å². The van der Waals surface area contributed by atoms with Crippen LogP contribution in [-0.4, -0.2) is 42.1 Å². The summed E-state index contributed by atoms with van der Waals surface area (Å²) in [5.41, 5.74) is 1.73. The molecule has 0 saturated carbocycles. The molecule has 2 aromatic rings. The summed E-state index contributed by atoms with van der Waals surface area (Å²) < 4.78 is 10.6. The summed E-state index contributed by atoms with van der Waals surface area (Å²) in [5.74, 6) is 4.08. The van der Waals surface area contributed by atoms with Gasteiger partial charge in [0.25, 0.3) is 0 Å². The monoisotopic (exact) mass is 442 g/mol. The Labute approximate surface area is 185 Å². The van der Waals surface area contributed by atoms with Crippen LogP contribution in [0.5, 0.6) is 5.75 Å². The van der Waals surface area contributed by atoms with Crippen LogP contribution in [0.1, 0.15) is 24.0 Å². The first-order chi connectivity index (χ1) is 15.5. The van der Waals surface area contributed by atoms with Crippen LogP contribution in [0, 0.1) is 0 Å². The number of benzene rings is 2. The zero-order valence-corrected chi connectivity index (χ0v) is 17.4. The van der Waals surface area contributed by atoms with Crippen LogP contribution >= 0.6 is 0 Å². The van der Waals surface area contributed by atoms with Gasteiger partial charge in [0.1, 0.15) is 24.7 Å². The quantitative estimate of drug-likeness (QED) is 0.169. The largest absolute Gasteiger partial charge is 0.494 e. The summed E-state index contributed by atoms with van der Waals surface area (Å²) in [6.45, 7) is 0.125. The molecule has 2 aromatic carbocycles. The van der Waals surface area contributed by atoms with Crippen molar-refractivity contribution in [3.05, 3.63) is 65.7 Å². The number of alkyl carbamates (subject to hydrolysis) is 1. The van der Waals surface area contributed by atoms with Crippen molar-refractivity contribution in [3.63, 3.8) is 0 Å². The first kappa shape index (κ1) is 24.2. The number of carboxylic acid groups (broad SMARTS) is 1. The molecule has 170 valence electrons. The molecule has 10 nitrogen and oxygen atoms in total. The van der Waals surface area contributed by atoms with Gasteiger partial charge in [-0.05, 0) is 29.7 Å². The molecule has 0 radical (unpaired) electrons. The summed E-state index contributed by atoms with van der Waals surface area (Å²) in [6.07, 6.45) is 1.17. The molecule has 0 bridgehead atoms. The molecule has 2 amide bonds. The van der Waals surface area contributed by atoms with Crippen LogP contribution in [0.15, 0.2) is 59.7 Å². The molecule has 32 heavy (non-hydrogen) atoms. The van der Waals surface area contributed by atoms with E-state index in [9.17, 15) is 19.5 Å². The molecule has 0 fully saturated rings. The first-order valence-corrected chi connectivity index (χ1v) is 9.90. The maximum atomic E-state index is 11.9. The maximum Gasteiger partial charge on any atom is 0.408 e. The lowest BCUT2D eigenvalue weighted by Gasteiger charge is -2.15. The molecule has 10 heteroatoms. The molecular formula is C22H26N4O6. The highest BCUT2D eigenvalue weighted by Crippen LogP contribution is 2.14. The molecule has 2 rings (SSSR count). The number of ether oxygens (including phenoxy) is 2. The third kappa shape index (κ3) is 9.16. The summed E-state index contributed by atoms with van der Waals surface area (Å²) in [7, 11) is 0. The van der Waals surface area contributed by atoms with Gasteiger partial charge in [-0.25, -0.2) is 9.59 Å². The van der Waals surface area contributed by atoms with Crippen LogP contribution in [0.4, 0.5) is 4.79 Å². The molecule has 0 aliphatic heterocycles. The number of rotatable bonds is 12.